The highest BCUT2D eigenvalue weighted by molar-refractivity contribution is 5.54. The average Bonchev–Trinajstić information content (AvgIpc) is 3.35. The molecule has 0 aliphatic heterocycles. The number of aryl methyl sites for hydroxylation is 2. The molecule has 0 spiro atoms. The fourth-order valence-corrected chi connectivity index (χ4v) is 2.64. The molecule has 1 atom stereocenters. The van der Waals surface area contributed by atoms with Gasteiger partial charge in [-0.3, -0.25) is 15.1 Å². The van der Waals surface area contributed by atoms with E-state index in [0.29, 0.717) is 17.1 Å². The van der Waals surface area contributed by atoms with Gasteiger partial charge in [-0.05, 0) is 38.3 Å². The molecule has 1 unspecified atom stereocenters. The van der Waals surface area contributed by atoms with E-state index >= 15 is 0 Å². The van der Waals surface area contributed by atoms with Crippen LogP contribution in [0.1, 0.15) is 35.7 Å². The third-order valence-electron chi connectivity index (χ3n) is 4.03. The maximum atomic E-state index is 13.3. The molecule has 0 aromatic carbocycles. The van der Waals surface area contributed by atoms with Crippen molar-refractivity contribution in [1.82, 2.24) is 14.8 Å². The summed E-state index contributed by atoms with van der Waals surface area (Å²) in [5, 5.41) is 24.6. The van der Waals surface area contributed by atoms with Crippen LogP contribution in [0.15, 0.2) is 12.3 Å². The van der Waals surface area contributed by atoms with E-state index in [4.69, 9.17) is 9.84 Å². The Balaban J connectivity index is 2.11. The van der Waals surface area contributed by atoms with Crippen LogP contribution in [0.25, 0.3) is 5.69 Å². The first kappa shape index (κ1) is 17.3. The van der Waals surface area contributed by atoms with Crippen molar-refractivity contribution >= 4 is 5.69 Å². The quantitative estimate of drug-likeness (QED) is 0.607. The van der Waals surface area contributed by atoms with Crippen molar-refractivity contribution in [2.75, 3.05) is 13.2 Å². The van der Waals surface area contributed by atoms with Gasteiger partial charge in [-0.15, -0.1) is 5.10 Å². The maximum Gasteiger partial charge on any atom is 0.354 e. The van der Waals surface area contributed by atoms with E-state index in [1.165, 1.54) is 4.68 Å². The second kappa shape index (κ2) is 6.75. The topological polar surface area (TPSA) is 103 Å². The normalized spacial score (nSPS) is 15.2. The highest BCUT2D eigenvalue weighted by atomic mass is 19.1. The molecule has 0 amide bonds. The minimum atomic E-state index is -1.63. The van der Waals surface area contributed by atoms with Crippen LogP contribution in [0.5, 0.6) is 5.88 Å². The van der Waals surface area contributed by atoms with E-state index in [1.54, 1.807) is 13.1 Å². The van der Waals surface area contributed by atoms with Gasteiger partial charge in [0.25, 0.3) is 0 Å². The van der Waals surface area contributed by atoms with E-state index in [1.807, 2.05) is 13.0 Å². The standard InChI is InChI=1S/C16H19FN4O4/c1-9-5-13(10(2)18-6-9)20-14(11-3-4-11)15(21(23)24)16(19-20)25-8-12(17)7-22/h5-6,11-12,22H,3-4,7-8H2,1-2H3. The van der Waals surface area contributed by atoms with Crippen LogP contribution >= 0.6 is 0 Å². The molecule has 1 saturated carbocycles. The number of halogens is 1. The Bertz CT molecular complexity index is 804. The van der Waals surface area contributed by atoms with Crippen molar-refractivity contribution in [3.05, 3.63) is 39.3 Å². The Morgan fingerprint density at radius 2 is 2.24 bits per heavy atom. The predicted octanol–water partition coefficient (Wildman–Crippen LogP) is 2.38. The first-order chi connectivity index (χ1) is 11.9. The number of hydrogen-bond acceptors (Lipinski definition) is 6. The molecule has 1 fully saturated rings. The third-order valence-corrected chi connectivity index (χ3v) is 4.03. The van der Waals surface area contributed by atoms with Crippen LogP contribution in [0.4, 0.5) is 10.1 Å². The molecule has 2 aromatic heterocycles. The molecular weight excluding hydrogens is 331 g/mol. The van der Waals surface area contributed by atoms with Crippen LogP contribution in [-0.2, 0) is 0 Å². The molecule has 1 aliphatic carbocycles. The number of alkyl halides is 1. The summed E-state index contributed by atoms with van der Waals surface area (Å²) >= 11 is 0. The minimum Gasteiger partial charge on any atom is -0.469 e. The number of pyridine rings is 1. The van der Waals surface area contributed by atoms with Crippen molar-refractivity contribution in [3.63, 3.8) is 0 Å². The number of aliphatic hydroxyl groups is 1. The van der Waals surface area contributed by atoms with Crippen LogP contribution in [0, 0.1) is 24.0 Å². The second-order valence-electron chi connectivity index (χ2n) is 6.19. The summed E-state index contributed by atoms with van der Waals surface area (Å²) in [4.78, 5) is 15.3. The predicted molar refractivity (Wildman–Crippen MR) is 86.9 cm³/mol. The molecule has 25 heavy (non-hydrogen) atoms. The summed E-state index contributed by atoms with van der Waals surface area (Å²) in [6.45, 7) is 2.45. The number of hydrogen-bond donors (Lipinski definition) is 1. The van der Waals surface area contributed by atoms with Gasteiger partial charge in [-0.1, -0.05) is 0 Å². The van der Waals surface area contributed by atoms with Crippen molar-refractivity contribution in [1.29, 1.82) is 0 Å². The van der Waals surface area contributed by atoms with Crippen molar-refractivity contribution < 1.29 is 19.2 Å². The molecule has 3 rings (SSSR count). The van der Waals surface area contributed by atoms with Gasteiger partial charge in [0.2, 0.25) is 0 Å². The third kappa shape index (κ3) is 3.46. The first-order valence-corrected chi connectivity index (χ1v) is 8.01. The van der Waals surface area contributed by atoms with Crippen molar-refractivity contribution in [2.24, 2.45) is 0 Å². The Morgan fingerprint density at radius 3 is 2.84 bits per heavy atom. The summed E-state index contributed by atoms with van der Waals surface area (Å²) in [7, 11) is 0. The van der Waals surface area contributed by atoms with Gasteiger partial charge in [0.15, 0.2) is 6.17 Å². The number of nitro groups is 1. The summed E-state index contributed by atoms with van der Waals surface area (Å²) in [6, 6.07) is 1.85. The number of rotatable bonds is 7. The lowest BCUT2D eigenvalue weighted by Gasteiger charge is -2.09. The Labute approximate surface area is 143 Å². The molecule has 134 valence electrons. The average molecular weight is 350 g/mol. The lowest BCUT2D eigenvalue weighted by molar-refractivity contribution is -0.386. The molecule has 1 N–H and O–H groups in total. The smallest absolute Gasteiger partial charge is 0.354 e. The number of aliphatic hydroxyl groups excluding tert-OH is 1. The Morgan fingerprint density at radius 1 is 1.52 bits per heavy atom. The number of ether oxygens (including phenoxy) is 1. The SMILES string of the molecule is Cc1cnc(C)c(-n2nc(OCC(F)CO)c([N+](=O)[O-])c2C2CC2)c1. The van der Waals surface area contributed by atoms with Crippen molar-refractivity contribution in [2.45, 2.75) is 38.8 Å². The number of aromatic nitrogens is 3. The zero-order valence-corrected chi connectivity index (χ0v) is 14.0. The molecule has 9 heteroatoms. The monoisotopic (exact) mass is 350 g/mol. The molecule has 2 aromatic rings. The van der Waals surface area contributed by atoms with Gasteiger partial charge in [-0.25, -0.2) is 9.07 Å². The summed E-state index contributed by atoms with van der Waals surface area (Å²) in [5.41, 5.74) is 2.42. The van der Waals surface area contributed by atoms with Crippen LogP contribution < -0.4 is 4.74 Å². The van der Waals surface area contributed by atoms with E-state index in [0.717, 1.165) is 18.4 Å². The fourth-order valence-electron chi connectivity index (χ4n) is 2.64. The molecule has 1 aliphatic rings. The first-order valence-electron chi connectivity index (χ1n) is 8.01. The molecule has 0 bridgehead atoms. The Kier molecular flexibility index (Phi) is 4.67. The Hall–Kier alpha value is -2.55. The molecule has 2 heterocycles. The molecule has 0 radical (unpaired) electrons. The van der Waals surface area contributed by atoms with Gasteiger partial charge in [0.05, 0.1) is 22.9 Å². The van der Waals surface area contributed by atoms with Crippen molar-refractivity contribution in [3.8, 4) is 11.6 Å². The largest absolute Gasteiger partial charge is 0.469 e. The van der Waals surface area contributed by atoms with Gasteiger partial charge in [0, 0.05) is 12.1 Å². The van der Waals surface area contributed by atoms with Crippen LogP contribution in [-0.4, -0.2) is 44.2 Å². The molecule has 0 saturated heterocycles. The zero-order valence-electron chi connectivity index (χ0n) is 14.0. The summed E-state index contributed by atoms with van der Waals surface area (Å²) in [5.74, 6) is -0.215. The zero-order chi connectivity index (χ0) is 18.1. The van der Waals surface area contributed by atoms with E-state index in [2.05, 4.69) is 10.1 Å². The minimum absolute atomic E-state index is 0.0178. The van der Waals surface area contributed by atoms with Gasteiger partial charge in [0.1, 0.15) is 12.3 Å². The van der Waals surface area contributed by atoms with Gasteiger partial charge >= 0.3 is 11.6 Å². The fraction of sp³-hybridized carbons (Fsp3) is 0.500. The highest BCUT2D eigenvalue weighted by Gasteiger charge is 2.40. The maximum absolute atomic E-state index is 13.3. The van der Waals surface area contributed by atoms with E-state index in [9.17, 15) is 14.5 Å². The highest BCUT2D eigenvalue weighted by Crippen LogP contribution is 2.48. The lowest BCUT2D eigenvalue weighted by Crippen LogP contribution is -2.17. The van der Waals surface area contributed by atoms with E-state index in [-0.39, 0.29) is 17.5 Å². The van der Waals surface area contributed by atoms with E-state index < -0.39 is 24.3 Å². The summed E-state index contributed by atoms with van der Waals surface area (Å²) in [6.07, 6.45) is 1.73. The summed E-state index contributed by atoms with van der Waals surface area (Å²) < 4.78 is 20.0. The van der Waals surface area contributed by atoms with Gasteiger partial charge < -0.3 is 9.84 Å². The number of nitrogens with zero attached hydrogens (tertiary/aromatic N) is 4. The van der Waals surface area contributed by atoms with Crippen LogP contribution in [0.2, 0.25) is 0 Å². The lowest BCUT2D eigenvalue weighted by atomic mass is 10.2. The van der Waals surface area contributed by atoms with Crippen LogP contribution in [0.3, 0.4) is 0 Å². The second-order valence-corrected chi connectivity index (χ2v) is 6.19. The molecular formula is C16H19FN4O4. The molecule has 8 nitrogen and oxygen atoms in total. The van der Waals surface area contributed by atoms with Gasteiger partial charge in [-0.2, -0.15) is 0 Å².